The van der Waals surface area contributed by atoms with Crippen molar-refractivity contribution in [3.05, 3.63) is 90.5 Å². The van der Waals surface area contributed by atoms with Crippen molar-refractivity contribution in [3.8, 4) is 5.75 Å². The smallest absolute Gasteiger partial charge is 0.345 e. The predicted molar refractivity (Wildman–Crippen MR) is 166 cm³/mol. The van der Waals surface area contributed by atoms with Crippen molar-refractivity contribution in [1.29, 1.82) is 0 Å². The van der Waals surface area contributed by atoms with Gasteiger partial charge in [-0.3, -0.25) is 18.8 Å². The molecule has 0 N–H and O–H groups in total. The summed E-state index contributed by atoms with van der Waals surface area (Å²) in [6, 6.07) is 9.88. The van der Waals surface area contributed by atoms with Crippen molar-refractivity contribution in [2.75, 3.05) is 20.3 Å². The van der Waals surface area contributed by atoms with Crippen molar-refractivity contribution in [1.82, 2.24) is 4.40 Å². The minimum absolute atomic E-state index is 0.00528. The maximum absolute atomic E-state index is 14.0. The molecule has 0 radical (unpaired) electrons. The average molecular weight is 685 g/mol. The lowest BCUT2D eigenvalue weighted by Gasteiger charge is -2.09. The average Bonchev–Trinajstić information content (AvgIpc) is 3.34. The molecule has 3 aromatic carbocycles. The van der Waals surface area contributed by atoms with Gasteiger partial charge in [-0.2, -0.15) is 0 Å². The summed E-state index contributed by atoms with van der Waals surface area (Å²) in [6.45, 7) is 3.57. The first-order valence-electron chi connectivity index (χ1n) is 12.9. The maximum Gasteiger partial charge on any atom is 0.345 e. The summed E-state index contributed by atoms with van der Waals surface area (Å²) in [7, 11) is 1.55. The number of hydrogen-bond donors (Lipinski definition) is 0. The van der Waals surface area contributed by atoms with Crippen molar-refractivity contribution >= 4 is 89.8 Å². The Labute approximate surface area is 267 Å². The van der Waals surface area contributed by atoms with Crippen molar-refractivity contribution in [3.63, 3.8) is 0 Å². The first kappa shape index (κ1) is 33.1. The van der Waals surface area contributed by atoms with Crippen LogP contribution in [0.2, 0.25) is 15.1 Å². The number of rotatable bonds is 7. The molecule has 0 bridgehead atoms. The highest BCUT2D eigenvalue weighted by Gasteiger charge is 2.24. The SMILES string of the molecule is CCOC(=O)CC(=O)c1cc(F)c(Cl)cc1Cl.CCOC(=O)c1c(=O)c2cc(F)c(Cl)cc2n2c1sc1cc(OC)ccc12. The third-order valence-electron chi connectivity index (χ3n) is 6.18. The molecule has 230 valence electrons. The van der Waals surface area contributed by atoms with E-state index in [1.807, 2.05) is 12.1 Å². The molecule has 2 aromatic heterocycles. The van der Waals surface area contributed by atoms with Crippen LogP contribution in [0.1, 0.15) is 41.0 Å². The summed E-state index contributed by atoms with van der Waals surface area (Å²) in [4.78, 5) is 48.6. The van der Waals surface area contributed by atoms with E-state index in [9.17, 15) is 28.0 Å². The summed E-state index contributed by atoms with van der Waals surface area (Å²) in [6.07, 6.45) is -0.478. The number of pyridine rings is 1. The van der Waals surface area contributed by atoms with Gasteiger partial charge in [0.2, 0.25) is 5.43 Å². The second-order valence-corrected chi connectivity index (χ2v) is 11.2. The van der Waals surface area contributed by atoms with E-state index >= 15 is 0 Å². The number of methoxy groups -OCH3 is 1. The lowest BCUT2D eigenvalue weighted by molar-refractivity contribution is -0.141. The summed E-state index contributed by atoms with van der Waals surface area (Å²) < 4.78 is 44.6. The molecule has 0 aliphatic carbocycles. The van der Waals surface area contributed by atoms with Gasteiger partial charge in [0.05, 0.1) is 56.5 Å². The van der Waals surface area contributed by atoms with Gasteiger partial charge in [-0.1, -0.05) is 34.8 Å². The fourth-order valence-corrected chi connectivity index (χ4v) is 6.10. The number of thiazole rings is 1. The fourth-order valence-electron chi connectivity index (χ4n) is 4.24. The number of ketones is 1. The summed E-state index contributed by atoms with van der Waals surface area (Å²) in [5.74, 6) is -2.87. The van der Waals surface area contributed by atoms with Crippen LogP contribution < -0.4 is 10.2 Å². The van der Waals surface area contributed by atoms with E-state index in [4.69, 9.17) is 44.3 Å². The minimum atomic E-state index is -0.761. The zero-order valence-corrected chi connectivity index (χ0v) is 26.4. The molecule has 5 rings (SSSR count). The van der Waals surface area contributed by atoms with Gasteiger partial charge in [-0.25, -0.2) is 13.6 Å². The van der Waals surface area contributed by atoms with Gasteiger partial charge in [0.25, 0.3) is 0 Å². The number of ether oxygens (including phenoxy) is 3. The molecule has 0 unspecified atom stereocenters. The molecular formula is C30H22Cl3F2NO7S. The largest absolute Gasteiger partial charge is 0.497 e. The number of benzene rings is 3. The Morgan fingerprint density at radius 1 is 0.864 bits per heavy atom. The van der Waals surface area contributed by atoms with Crippen LogP contribution in [-0.4, -0.2) is 42.4 Å². The molecule has 0 fully saturated rings. The molecule has 2 heterocycles. The number of fused-ring (bicyclic) bond motifs is 5. The van der Waals surface area contributed by atoms with E-state index in [-0.39, 0.29) is 44.8 Å². The lowest BCUT2D eigenvalue weighted by atomic mass is 10.1. The second-order valence-electron chi connectivity index (χ2n) is 8.94. The van der Waals surface area contributed by atoms with Crippen LogP contribution in [0.4, 0.5) is 8.78 Å². The molecule has 5 aromatic rings. The van der Waals surface area contributed by atoms with Gasteiger partial charge in [0, 0.05) is 5.56 Å². The number of nitrogens with zero attached hydrogens (tertiary/aromatic N) is 1. The standard InChI is InChI=1S/C19H13ClFNO4S.C11H9Cl2FO3/c1-3-26-19(24)16-17(23)10-7-12(21)11(20)8-14(10)22-13-5-4-9(25-2)6-15(13)27-18(16)22;1-2-17-11(16)5-10(15)6-3-9(14)8(13)4-7(6)12/h4-8H,3H2,1-2H3;3-4H,2,5H2,1H3. The molecule has 0 aliphatic heterocycles. The first-order chi connectivity index (χ1) is 20.9. The summed E-state index contributed by atoms with van der Waals surface area (Å²) in [5, 5.41) is -0.214. The molecule has 0 saturated carbocycles. The number of carbonyl (C=O) groups is 3. The highest BCUT2D eigenvalue weighted by Crippen LogP contribution is 2.35. The number of hydrogen-bond acceptors (Lipinski definition) is 8. The van der Waals surface area contributed by atoms with E-state index in [0.29, 0.717) is 16.1 Å². The third-order valence-corrected chi connectivity index (χ3v) is 8.20. The molecule has 0 spiro atoms. The Kier molecular flexibility index (Phi) is 10.5. The van der Waals surface area contributed by atoms with Gasteiger partial charge in [0.15, 0.2) is 5.78 Å². The van der Waals surface area contributed by atoms with E-state index in [1.54, 1.807) is 31.4 Å². The number of carbonyl (C=O) groups excluding carboxylic acids is 3. The molecule has 44 heavy (non-hydrogen) atoms. The van der Waals surface area contributed by atoms with Crippen LogP contribution in [0.5, 0.6) is 5.75 Å². The predicted octanol–water partition coefficient (Wildman–Crippen LogP) is 7.91. The molecule has 0 atom stereocenters. The topological polar surface area (TPSA) is 100 Å². The molecule has 8 nitrogen and oxygen atoms in total. The quantitative estimate of drug-likeness (QED) is 0.0743. The number of halogens is 5. The minimum Gasteiger partial charge on any atom is -0.497 e. The summed E-state index contributed by atoms with van der Waals surface area (Å²) >= 11 is 18.4. The van der Waals surface area contributed by atoms with Crippen molar-refractivity contribution < 1.29 is 37.4 Å². The highest BCUT2D eigenvalue weighted by molar-refractivity contribution is 7.24. The molecule has 14 heteroatoms. The van der Waals surface area contributed by atoms with E-state index in [2.05, 4.69) is 4.74 Å². The first-order valence-corrected chi connectivity index (χ1v) is 14.8. The zero-order valence-electron chi connectivity index (χ0n) is 23.3. The molecule has 0 saturated heterocycles. The Bertz CT molecular complexity index is 2010. The van der Waals surface area contributed by atoms with Crippen LogP contribution in [0.25, 0.3) is 25.9 Å². The van der Waals surface area contributed by atoms with Crippen LogP contribution in [0.3, 0.4) is 0 Å². The molecular weight excluding hydrogens is 663 g/mol. The van der Waals surface area contributed by atoms with Gasteiger partial charge in [0.1, 0.15) is 34.2 Å². The monoisotopic (exact) mass is 683 g/mol. The van der Waals surface area contributed by atoms with Crippen LogP contribution in [-0.2, 0) is 14.3 Å². The van der Waals surface area contributed by atoms with Gasteiger partial charge in [-0.05, 0) is 56.3 Å². The number of Topliss-reactive ketones (excluding diaryl/α,β-unsaturated/α-hetero) is 1. The van der Waals surface area contributed by atoms with E-state index in [1.165, 1.54) is 17.4 Å². The molecule has 0 aliphatic rings. The Balaban J connectivity index is 0.000000225. The van der Waals surface area contributed by atoms with Crippen molar-refractivity contribution in [2.45, 2.75) is 20.3 Å². The Morgan fingerprint density at radius 3 is 2.18 bits per heavy atom. The van der Waals surface area contributed by atoms with E-state index < -0.39 is 41.2 Å². The third kappa shape index (κ3) is 6.66. The van der Waals surface area contributed by atoms with Crippen LogP contribution >= 0.6 is 46.1 Å². The normalized spacial score (nSPS) is 10.9. The lowest BCUT2D eigenvalue weighted by Crippen LogP contribution is -2.19. The van der Waals surface area contributed by atoms with E-state index in [0.717, 1.165) is 28.4 Å². The number of esters is 2. The number of aromatic nitrogens is 1. The molecule has 0 amide bonds. The van der Waals surface area contributed by atoms with Crippen LogP contribution in [0.15, 0.2) is 47.3 Å². The zero-order chi connectivity index (χ0) is 32.3. The van der Waals surface area contributed by atoms with Crippen LogP contribution in [0, 0.1) is 11.6 Å². The fraction of sp³-hybridized carbons (Fsp3) is 0.200. The van der Waals surface area contributed by atoms with Gasteiger partial charge in [-0.15, -0.1) is 11.3 Å². The Hall–Kier alpha value is -3.77. The second kappa shape index (κ2) is 13.9. The van der Waals surface area contributed by atoms with Gasteiger partial charge >= 0.3 is 11.9 Å². The summed E-state index contributed by atoms with van der Waals surface area (Å²) in [5.41, 5.74) is 0.380. The maximum atomic E-state index is 14.0. The van der Waals surface area contributed by atoms with Gasteiger partial charge < -0.3 is 14.2 Å². The van der Waals surface area contributed by atoms with Crippen molar-refractivity contribution in [2.24, 2.45) is 0 Å². The Morgan fingerprint density at radius 2 is 1.52 bits per heavy atom. The highest BCUT2D eigenvalue weighted by atomic mass is 35.5.